The molecule has 3 amide bonds. The minimum absolute atomic E-state index is 0.0225. The number of amides is 3. The topological polar surface area (TPSA) is 78.5 Å². The fourth-order valence-corrected chi connectivity index (χ4v) is 3.72. The molecule has 0 unspecified atom stereocenters. The standard InChI is InChI=1S/C19H21N3O3S/c23-17(20-12-18(24)21-15-4-2-1-3-5-15)6-7-19(25)22-10-8-16-14(13-22)9-11-26-16/h1-5,9,11H,6-8,10,12-13H2,(H,20,23)(H,21,24). The van der Waals surface area contributed by atoms with E-state index in [9.17, 15) is 14.4 Å². The van der Waals surface area contributed by atoms with Crippen LogP contribution in [-0.2, 0) is 27.3 Å². The van der Waals surface area contributed by atoms with Crippen molar-refractivity contribution in [3.8, 4) is 0 Å². The second-order valence-corrected chi connectivity index (χ2v) is 7.13. The smallest absolute Gasteiger partial charge is 0.243 e. The zero-order valence-electron chi connectivity index (χ0n) is 14.4. The van der Waals surface area contributed by atoms with E-state index >= 15 is 0 Å². The minimum Gasteiger partial charge on any atom is -0.347 e. The zero-order valence-corrected chi connectivity index (χ0v) is 15.2. The molecular weight excluding hydrogens is 350 g/mol. The van der Waals surface area contributed by atoms with Gasteiger partial charge in [0.05, 0.1) is 6.54 Å². The summed E-state index contributed by atoms with van der Waals surface area (Å²) in [7, 11) is 0. The van der Waals surface area contributed by atoms with Crippen molar-refractivity contribution in [2.75, 3.05) is 18.4 Å². The van der Waals surface area contributed by atoms with E-state index in [2.05, 4.69) is 16.7 Å². The molecule has 2 heterocycles. The van der Waals surface area contributed by atoms with Crippen LogP contribution in [0.15, 0.2) is 41.8 Å². The maximum Gasteiger partial charge on any atom is 0.243 e. The van der Waals surface area contributed by atoms with Gasteiger partial charge in [-0.3, -0.25) is 14.4 Å². The lowest BCUT2D eigenvalue weighted by Crippen LogP contribution is -2.37. The molecule has 0 atom stereocenters. The third-order valence-electron chi connectivity index (χ3n) is 4.23. The molecule has 0 aliphatic carbocycles. The number of para-hydroxylation sites is 1. The van der Waals surface area contributed by atoms with Crippen LogP contribution in [0.2, 0.25) is 0 Å². The monoisotopic (exact) mass is 371 g/mol. The van der Waals surface area contributed by atoms with E-state index < -0.39 is 0 Å². The lowest BCUT2D eigenvalue weighted by atomic mass is 10.1. The number of benzene rings is 1. The third-order valence-corrected chi connectivity index (χ3v) is 5.25. The summed E-state index contributed by atoms with van der Waals surface area (Å²) in [4.78, 5) is 39.1. The highest BCUT2D eigenvalue weighted by atomic mass is 32.1. The summed E-state index contributed by atoms with van der Waals surface area (Å²) in [6.07, 6.45) is 1.13. The van der Waals surface area contributed by atoms with E-state index in [-0.39, 0.29) is 37.1 Å². The number of carbonyl (C=O) groups excluding carboxylic acids is 3. The highest BCUT2D eigenvalue weighted by Crippen LogP contribution is 2.24. The van der Waals surface area contributed by atoms with Crippen molar-refractivity contribution in [1.82, 2.24) is 10.2 Å². The van der Waals surface area contributed by atoms with E-state index in [0.717, 1.165) is 6.42 Å². The number of nitrogens with one attached hydrogen (secondary N) is 2. The lowest BCUT2D eigenvalue weighted by molar-refractivity contribution is -0.134. The van der Waals surface area contributed by atoms with Crippen molar-refractivity contribution in [2.24, 2.45) is 0 Å². The Morgan fingerprint density at radius 1 is 1.04 bits per heavy atom. The van der Waals surface area contributed by atoms with E-state index in [0.29, 0.717) is 18.8 Å². The Bertz CT molecular complexity index is 788. The fraction of sp³-hybridized carbons (Fsp3) is 0.316. The van der Waals surface area contributed by atoms with Gasteiger partial charge in [0, 0.05) is 36.5 Å². The molecule has 6 nitrogen and oxygen atoms in total. The average Bonchev–Trinajstić information content (AvgIpc) is 3.13. The number of hydrogen-bond donors (Lipinski definition) is 2. The van der Waals surface area contributed by atoms with Gasteiger partial charge in [0.2, 0.25) is 17.7 Å². The average molecular weight is 371 g/mol. The van der Waals surface area contributed by atoms with Crippen LogP contribution in [-0.4, -0.2) is 35.7 Å². The van der Waals surface area contributed by atoms with Crippen LogP contribution in [0.4, 0.5) is 5.69 Å². The summed E-state index contributed by atoms with van der Waals surface area (Å²) < 4.78 is 0. The van der Waals surface area contributed by atoms with E-state index in [1.165, 1.54) is 10.4 Å². The molecule has 0 fully saturated rings. The molecule has 1 aliphatic heterocycles. The molecule has 1 aromatic carbocycles. The summed E-state index contributed by atoms with van der Waals surface area (Å²) >= 11 is 1.73. The van der Waals surface area contributed by atoms with Gasteiger partial charge in [-0.05, 0) is 35.6 Å². The number of rotatable bonds is 6. The molecule has 3 rings (SSSR count). The summed E-state index contributed by atoms with van der Waals surface area (Å²) in [6.45, 7) is 1.22. The Balaban J connectivity index is 1.36. The highest BCUT2D eigenvalue weighted by Gasteiger charge is 2.21. The third kappa shape index (κ3) is 4.92. The first-order valence-electron chi connectivity index (χ1n) is 8.56. The van der Waals surface area contributed by atoms with Gasteiger partial charge in [-0.15, -0.1) is 11.3 Å². The Labute approximate surface area is 156 Å². The number of thiophene rings is 1. The van der Waals surface area contributed by atoms with Crippen LogP contribution < -0.4 is 10.6 Å². The Morgan fingerprint density at radius 2 is 1.85 bits per heavy atom. The van der Waals surface area contributed by atoms with Gasteiger partial charge >= 0.3 is 0 Å². The number of nitrogens with zero attached hydrogens (tertiary/aromatic N) is 1. The van der Waals surface area contributed by atoms with E-state index in [1.807, 2.05) is 23.6 Å². The Kier molecular flexibility index (Phi) is 6.01. The molecular formula is C19H21N3O3S. The lowest BCUT2D eigenvalue weighted by Gasteiger charge is -2.27. The largest absolute Gasteiger partial charge is 0.347 e. The predicted octanol–water partition coefficient (Wildman–Crippen LogP) is 2.17. The number of anilines is 1. The van der Waals surface area contributed by atoms with Gasteiger partial charge in [0.15, 0.2) is 0 Å². The van der Waals surface area contributed by atoms with Gasteiger partial charge in [-0.2, -0.15) is 0 Å². The van der Waals surface area contributed by atoms with Crippen LogP contribution in [0, 0.1) is 0 Å². The second kappa shape index (κ2) is 8.62. The van der Waals surface area contributed by atoms with Crippen LogP contribution in [0.3, 0.4) is 0 Å². The molecule has 0 radical (unpaired) electrons. The number of hydrogen-bond acceptors (Lipinski definition) is 4. The van der Waals surface area contributed by atoms with Crippen LogP contribution in [0.1, 0.15) is 23.3 Å². The summed E-state index contributed by atoms with van der Waals surface area (Å²) in [5, 5.41) is 7.29. The van der Waals surface area contributed by atoms with Crippen molar-refractivity contribution in [3.63, 3.8) is 0 Å². The minimum atomic E-state index is -0.296. The molecule has 0 spiro atoms. The quantitative estimate of drug-likeness (QED) is 0.817. The first kappa shape index (κ1) is 18.1. The molecule has 2 N–H and O–H groups in total. The first-order valence-corrected chi connectivity index (χ1v) is 9.44. The SMILES string of the molecule is O=C(CCC(=O)N1CCc2sccc2C1)NCC(=O)Nc1ccccc1. The van der Waals surface area contributed by atoms with Crippen molar-refractivity contribution in [1.29, 1.82) is 0 Å². The fourth-order valence-electron chi connectivity index (χ4n) is 2.83. The Morgan fingerprint density at radius 3 is 2.65 bits per heavy atom. The van der Waals surface area contributed by atoms with Crippen LogP contribution >= 0.6 is 11.3 Å². The van der Waals surface area contributed by atoms with Gasteiger partial charge in [0.25, 0.3) is 0 Å². The van der Waals surface area contributed by atoms with E-state index in [1.54, 1.807) is 28.4 Å². The summed E-state index contributed by atoms with van der Waals surface area (Å²) in [6, 6.07) is 11.1. The first-order chi connectivity index (χ1) is 12.6. The second-order valence-electron chi connectivity index (χ2n) is 6.13. The van der Waals surface area contributed by atoms with Crippen molar-refractivity contribution in [3.05, 3.63) is 52.2 Å². The highest BCUT2D eigenvalue weighted by molar-refractivity contribution is 7.10. The molecule has 2 aromatic rings. The zero-order chi connectivity index (χ0) is 18.4. The van der Waals surface area contributed by atoms with Gasteiger partial charge in [-0.1, -0.05) is 18.2 Å². The maximum absolute atomic E-state index is 12.3. The Hall–Kier alpha value is -2.67. The molecule has 136 valence electrons. The van der Waals surface area contributed by atoms with Gasteiger partial charge in [-0.25, -0.2) is 0 Å². The normalized spacial score (nSPS) is 13.0. The number of fused-ring (bicyclic) bond motifs is 1. The summed E-state index contributed by atoms with van der Waals surface area (Å²) in [5.41, 5.74) is 1.89. The molecule has 0 saturated carbocycles. The molecule has 0 saturated heterocycles. The van der Waals surface area contributed by atoms with Gasteiger partial charge < -0.3 is 15.5 Å². The van der Waals surface area contributed by atoms with Crippen LogP contribution in [0.5, 0.6) is 0 Å². The molecule has 26 heavy (non-hydrogen) atoms. The number of carbonyl (C=O) groups is 3. The predicted molar refractivity (Wildman–Crippen MR) is 101 cm³/mol. The van der Waals surface area contributed by atoms with Gasteiger partial charge in [0.1, 0.15) is 0 Å². The molecule has 0 bridgehead atoms. The maximum atomic E-state index is 12.3. The van der Waals surface area contributed by atoms with E-state index in [4.69, 9.17) is 0 Å². The summed E-state index contributed by atoms with van der Waals surface area (Å²) in [5.74, 6) is -0.613. The van der Waals surface area contributed by atoms with Crippen molar-refractivity contribution >= 4 is 34.7 Å². The molecule has 1 aliphatic rings. The van der Waals surface area contributed by atoms with Crippen LogP contribution in [0.25, 0.3) is 0 Å². The van der Waals surface area contributed by atoms with Crippen molar-refractivity contribution in [2.45, 2.75) is 25.8 Å². The molecule has 1 aromatic heterocycles. The molecule has 7 heteroatoms. The van der Waals surface area contributed by atoms with Crippen molar-refractivity contribution < 1.29 is 14.4 Å².